The fraction of sp³-hybridized carbons (Fsp3) is 0.444. The Hall–Kier alpha value is -4.04. The van der Waals surface area contributed by atoms with Crippen molar-refractivity contribution in [2.75, 3.05) is 0 Å². The summed E-state index contributed by atoms with van der Waals surface area (Å²) in [6.45, 7) is 13.5. The van der Waals surface area contributed by atoms with Gasteiger partial charge in [0.1, 0.15) is 12.0 Å². The van der Waals surface area contributed by atoms with E-state index in [0.29, 0.717) is 18.5 Å². The molecule has 0 aliphatic heterocycles. The van der Waals surface area contributed by atoms with Crippen LogP contribution in [0.25, 0.3) is 0 Å². The van der Waals surface area contributed by atoms with Gasteiger partial charge in [0, 0.05) is 23.7 Å². The molecule has 1 heterocycles. The highest BCUT2D eigenvalue weighted by molar-refractivity contribution is 6.05. The lowest BCUT2D eigenvalue weighted by Crippen LogP contribution is -2.56. The van der Waals surface area contributed by atoms with Crippen LogP contribution in [0.5, 0.6) is 0 Å². The minimum Gasteiger partial charge on any atom is -0.391 e. The van der Waals surface area contributed by atoms with Gasteiger partial charge in [0.25, 0.3) is 0 Å². The Bertz CT molecular complexity index is 1330. The molecule has 0 saturated carbocycles. The molecule has 0 fully saturated rings. The molecule has 0 spiro atoms. The number of rotatable bonds is 16. The molecule has 2 aromatic carbocycles. The van der Waals surface area contributed by atoms with E-state index in [2.05, 4.69) is 41.0 Å². The third kappa shape index (κ3) is 10.3. The van der Waals surface area contributed by atoms with Gasteiger partial charge in [0.15, 0.2) is 5.78 Å². The fourth-order valence-electron chi connectivity index (χ4n) is 5.29. The maximum Gasteiger partial charge on any atom is 0.243 e. The molecule has 236 valence electrons. The maximum atomic E-state index is 14.0. The first kappa shape index (κ1) is 34.5. The number of benzene rings is 2. The van der Waals surface area contributed by atoms with Crippen molar-refractivity contribution in [3.05, 3.63) is 103 Å². The molecule has 1 aromatic heterocycles. The van der Waals surface area contributed by atoms with E-state index in [9.17, 15) is 19.5 Å². The number of amides is 2. The molecule has 8 heteroatoms. The Kier molecular flexibility index (Phi) is 12.6. The van der Waals surface area contributed by atoms with Crippen LogP contribution in [0, 0.1) is 23.2 Å². The van der Waals surface area contributed by atoms with Gasteiger partial charge in [0.05, 0.1) is 18.5 Å². The lowest BCUT2D eigenvalue weighted by atomic mass is 9.80. The van der Waals surface area contributed by atoms with E-state index in [-0.39, 0.29) is 30.5 Å². The molecule has 2 amide bonds. The summed E-state index contributed by atoms with van der Waals surface area (Å²) in [6, 6.07) is 17.4. The van der Waals surface area contributed by atoms with E-state index in [1.165, 1.54) is 6.33 Å². The molecule has 0 radical (unpaired) electrons. The quantitative estimate of drug-likeness (QED) is 0.138. The topological polar surface area (TPSA) is 124 Å². The van der Waals surface area contributed by atoms with Crippen LogP contribution in [0.3, 0.4) is 0 Å². The van der Waals surface area contributed by atoms with Crippen molar-refractivity contribution in [2.24, 2.45) is 23.2 Å². The Morgan fingerprint density at radius 2 is 1.50 bits per heavy atom. The zero-order valence-electron chi connectivity index (χ0n) is 26.6. The number of H-pyrrole nitrogens is 1. The van der Waals surface area contributed by atoms with Gasteiger partial charge >= 0.3 is 0 Å². The highest BCUT2D eigenvalue weighted by Crippen LogP contribution is 2.24. The van der Waals surface area contributed by atoms with E-state index in [1.807, 2.05) is 66.7 Å². The summed E-state index contributed by atoms with van der Waals surface area (Å²) in [5.41, 5.74) is 1.71. The van der Waals surface area contributed by atoms with Crippen LogP contribution in [0.15, 0.2) is 85.8 Å². The monoisotopic (exact) mass is 600 g/mol. The van der Waals surface area contributed by atoms with Crippen molar-refractivity contribution in [3.8, 4) is 0 Å². The van der Waals surface area contributed by atoms with Gasteiger partial charge in [-0.15, -0.1) is 6.58 Å². The Labute approximate surface area is 261 Å². The van der Waals surface area contributed by atoms with Gasteiger partial charge in [-0.3, -0.25) is 14.4 Å². The SMILES string of the molecule is C=C[C@@H](C[C@H](O)[C@H](Cc1ccccc1)NC(=O)C(Cc1cnc[nH]1)NC(=O)C(Cc1ccccc1)C(=O)C(C)(C)C)C(C)C. The van der Waals surface area contributed by atoms with Crippen LogP contribution in [0.1, 0.15) is 57.9 Å². The second kappa shape index (κ2) is 16.1. The van der Waals surface area contributed by atoms with Gasteiger partial charge in [-0.25, -0.2) is 4.98 Å². The van der Waals surface area contributed by atoms with Gasteiger partial charge in [0.2, 0.25) is 11.8 Å². The predicted octanol–water partition coefficient (Wildman–Crippen LogP) is 4.85. The van der Waals surface area contributed by atoms with Crippen molar-refractivity contribution in [1.29, 1.82) is 0 Å². The first-order valence-electron chi connectivity index (χ1n) is 15.4. The van der Waals surface area contributed by atoms with Crippen LogP contribution in [-0.2, 0) is 33.6 Å². The summed E-state index contributed by atoms with van der Waals surface area (Å²) in [6.07, 6.45) is 5.27. The predicted molar refractivity (Wildman–Crippen MR) is 174 cm³/mol. The largest absolute Gasteiger partial charge is 0.391 e. The van der Waals surface area contributed by atoms with Crippen molar-refractivity contribution in [3.63, 3.8) is 0 Å². The molecule has 44 heavy (non-hydrogen) atoms. The third-order valence-electron chi connectivity index (χ3n) is 8.03. The molecule has 4 N–H and O–H groups in total. The minimum atomic E-state index is -1.01. The highest BCUT2D eigenvalue weighted by atomic mass is 16.3. The Morgan fingerprint density at radius 3 is 2.00 bits per heavy atom. The van der Waals surface area contributed by atoms with Crippen LogP contribution in [0.4, 0.5) is 0 Å². The number of ketones is 1. The molecule has 8 nitrogen and oxygen atoms in total. The number of hydrogen-bond acceptors (Lipinski definition) is 5. The Morgan fingerprint density at radius 1 is 0.909 bits per heavy atom. The molecule has 0 saturated heterocycles. The molecule has 0 bridgehead atoms. The summed E-state index contributed by atoms with van der Waals surface area (Å²) in [4.78, 5) is 48.4. The van der Waals surface area contributed by atoms with Gasteiger partial charge in [-0.05, 0) is 42.2 Å². The number of carbonyl (C=O) groups is 3. The first-order chi connectivity index (χ1) is 20.9. The van der Waals surface area contributed by atoms with E-state index in [0.717, 1.165) is 11.1 Å². The van der Waals surface area contributed by atoms with E-state index in [4.69, 9.17) is 0 Å². The van der Waals surface area contributed by atoms with Crippen molar-refractivity contribution < 1.29 is 19.5 Å². The average molecular weight is 601 g/mol. The molecule has 5 atom stereocenters. The zero-order valence-corrected chi connectivity index (χ0v) is 26.6. The second-order valence-electron chi connectivity index (χ2n) is 13.0. The fourth-order valence-corrected chi connectivity index (χ4v) is 5.29. The van der Waals surface area contributed by atoms with Crippen molar-refractivity contribution in [1.82, 2.24) is 20.6 Å². The molecule has 3 rings (SSSR count). The summed E-state index contributed by atoms with van der Waals surface area (Å²) in [7, 11) is 0. The Balaban J connectivity index is 1.89. The van der Waals surface area contributed by atoms with Crippen LogP contribution >= 0.6 is 0 Å². The smallest absolute Gasteiger partial charge is 0.243 e. The number of aromatic amines is 1. The van der Waals surface area contributed by atoms with Crippen LogP contribution < -0.4 is 10.6 Å². The van der Waals surface area contributed by atoms with E-state index < -0.39 is 41.3 Å². The standard InChI is InChI=1S/C36H48N4O4/c1-7-27(24(2)3)20-32(41)30(19-26-16-12-9-13-17-26)39-35(44)31(21-28-22-37-23-38-28)40-34(43)29(33(42)36(4,5)6)18-25-14-10-8-11-15-25/h7-17,22-24,27,29-32,41H,1,18-21H2,2-6H3,(H,37,38)(H,39,44)(H,40,43)/t27-,29?,30-,31?,32-/m0/s1. The maximum absolute atomic E-state index is 14.0. The number of allylic oxidation sites excluding steroid dienone is 1. The first-order valence-corrected chi connectivity index (χ1v) is 15.4. The van der Waals surface area contributed by atoms with Crippen LogP contribution in [-0.4, -0.2) is 50.9 Å². The van der Waals surface area contributed by atoms with Crippen molar-refractivity contribution >= 4 is 17.6 Å². The summed E-state index contributed by atoms with van der Waals surface area (Å²) in [5.74, 6) is -1.83. The summed E-state index contributed by atoms with van der Waals surface area (Å²) < 4.78 is 0. The van der Waals surface area contributed by atoms with E-state index >= 15 is 0 Å². The number of nitrogens with one attached hydrogen (secondary N) is 3. The number of aliphatic hydroxyl groups is 1. The molecule has 2 unspecified atom stereocenters. The molecular weight excluding hydrogens is 552 g/mol. The third-order valence-corrected chi connectivity index (χ3v) is 8.03. The summed E-state index contributed by atoms with van der Waals surface area (Å²) >= 11 is 0. The van der Waals surface area contributed by atoms with Gasteiger partial charge < -0.3 is 20.7 Å². The van der Waals surface area contributed by atoms with Gasteiger partial charge in [-0.2, -0.15) is 0 Å². The normalized spacial score (nSPS) is 15.1. The molecule has 3 aromatic rings. The number of nitrogens with zero attached hydrogens (tertiary/aromatic N) is 1. The highest BCUT2D eigenvalue weighted by Gasteiger charge is 2.37. The van der Waals surface area contributed by atoms with Crippen LogP contribution in [0.2, 0.25) is 0 Å². The molecular formula is C36H48N4O4. The second-order valence-corrected chi connectivity index (χ2v) is 13.0. The molecule has 0 aliphatic rings. The molecule has 0 aliphatic carbocycles. The lowest BCUT2D eigenvalue weighted by Gasteiger charge is -2.30. The van der Waals surface area contributed by atoms with Crippen molar-refractivity contribution in [2.45, 2.75) is 78.5 Å². The number of imidazole rings is 1. The minimum absolute atomic E-state index is 0.0582. The summed E-state index contributed by atoms with van der Waals surface area (Å²) in [5, 5.41) is 17.3. The number of aromatic nitrogens is 2. The lowest BCUT2D eigenvalue weighted by molar-refractivity contribution is -0.140. The number of Topliss-reactive ketones (excluding diaryl/α,β-unsaturated/α-hetero) is 1. The average Bonchev–Trinajstić information content (AvgIpc) is 3.51. The number of aliphatic hydroxyl groups excluding tert-OH is 1. The van der Waals surface area contributed by atoms with Gasteiger partial charge in [-0.1, -0.05) is 101 Å². The number of hydrogen-bond donors (Lipinski definition) is 4. The zero-order chi connectivity index (χ0) is 32.3. The number of carbonyl (C=O) groups excluding carboxylic acids is 3. The van der Waals surface area contributed by atoms with E-state index in [1.54, 1.807) is 27.0 Å².